The van der Waals surface area contributed by atoms with E-state index in [1.807, 2.05) is 26.0 Å². The lowest BCUT2D eigenvalue weighted by Crippen LogP contribution is -1.99. The molecule has 0 heterocycles. The van der Waals surface area contributed by atoms with Crippen molar-refractivity contribution in [1.29, 1.82) is 0 Å². The Bertz CT molecular complexity index is 417. The first kappa shape index (κ1) is 11.5. The van der Waals surface area contributed by atoms with E-state index in [1.54, 1.807) is 6.92 Å². The summed E-state index contributed by atoms with van der Waals surface area (Å²) in [5.41, 5.74) is 3.22. The van der Waals surface area contributed by atoms with E-state index >= 15 is 0 Å². The minimum Gasteiger partial charge on any atom is -0.507 e. The highest BCUT2D eigenvalue weighted by Gasteiger charge is 2.10. The number of Topliss-reactive ketones (excluding diaryl/α,β-unsaturated/α-hetero) is 1. The van der Waals surface area contributed by atoms with E-state index in [9.17, 15) is 9.90 Å². The summed E-state index contributed by atoms with van der Waals surface area (Å²) in [4.78, 5) is 11.0. The summed E-state index contributed by atoms with van der Waals surface area (Å²) in [6.45, 7) is 9.00. The molecule has 0 aliphatic heterocycles. The maximum atomic E-state index is 11.0. The Labute approximate surface area is 90.3 Å². The van der Waals surface area contributed by atoms with Crippen LogP contribution in [-0.2, 0) is 11.2 Å². The van der Waals surface area contributed by atoms with E-state index in [-0.39, 0.29) is 11.5 Å². The number of ketones is 1. The van der Waals surface area contributed by atoms with Gasteiger partial charge in [-0.05, 0) is 37.5 Å². The van der Waals surface area contributed by atoms with Crippen LogP contribution in [-0.4, -0.2) is 10.9 Å². The Morgan fingerprint density at radius 1 is 1.40 bits per heavy atom. The van der Waals surface area contributed by atoms with Gasteiger partial charge in [0.2, 0.25) is 0 Å². The first-order valence-electron chi connectivity index (χ1n) is 4.90. The number of phenols is 1. The van der Waals surface area contributed by atoms with Crippen molar-refractivity contribution in [3.05, 3.63) is 35.4 Å². The molecular weight excluding hydrogens is 188 g/mol. The largest absolute Gasteiger partial charge is 0.507 e. The zero-order chi connectivity index (χ0) is 11.6. The van der Waals surface area contributed by atoms with Crippen LogP contribution in [0.5, 0.6) is 5.75 Å². The standard InChI is InChI=1S/C13H16O2/c1-8(2)12-6-5-11(7-9(3)14)10(4)13(12)15/h5-6,15H,1,7H2,2-4H3. The molecule has 0 atom stereocenters. The summed E-state index contributed by atoms with van der Waals surface area (Å²) in [6.07, 6.45) is 0.371. The molecule has 1 aromatic carbocycles. The molecule has 0 aliphatic rings. The maximum Gasteiger partial charge on any atom is 0.134 e. The molecule has 0 unspecified atom stereocenters. The summed E-state index contributed by atoms with van der Waals surface area (Å²) in [5, 5.41) is 9.89. The van der Waals surface area contributed by atoms with Gasteiger partial charge >= 0.3 is 0 Å². The third kappa shape index (κ3) is 2.46. The van der Waals surface area contributed by atoms with Crippen LogP contribution >= 0.6 is 0 Å². The molecule has 0 fully saturated rings. The normalized spacial score (nSPS) is 10.1. The van der Waals surface area contributed by atoms with Crippen LogP contribution in [0.4, 0.5) is 0 Å². The first-order valence-corrected chi connectivity index (χ1v) is 4.90. The Morgan fingerprint density at radius 3 is 2.47 bits per heavy atom. The molecule has 0 aliphatic carbocycles. The van der Waals surface area contributed by atoms with E-state index in [4.69, 9.17) is 0 Å². The van der Waals surface area contributed by atoms with Crippen molar-refractivity contribution in [2.24, 2.45) is 0 Å². The summed E-state index contributed by atoms with van der Waals surface area (Å²) in [5.74, 6) is 0.335. The maximum absolute atomic E-state index is 11.0. The Kier molecular flexibility index (Phi) is 3.30. The summed E-state index contributed by atoms with van der Waals surface area (Å²) >= 11 is 0. The second kappa shape index (κ2) is 4.30. The van der Waals surface area contributed by atoms with E-state index in [0.717, 1.165) is 22.3 Å². The van der Waals surface area contributed by atoms with Gasteiger partial charge in [0.05, 0.1) is 0 Å². The number of carbonyl (C=O) groups is 1. The van der Waals surface area contributed by atoms with Crippen molar-refractivity contribution in [2.45, 2.75) is 27.2 Å². The fraction of sp³-hybridized carbons (Fsp3) is 0.308. The molecule has 0 aromatic heterocycles. The van der Waals surface area contributed by atoms with E-state index in [1.165, 1.54) is 0 Å². The van der Waals surface area contributed by atoms with Crippen LogP contribution in [0.2, 0.25) is 0 Å². The molecule has 0 saturated heterocycles. The number of hydrogen-bond donors (Lipinski definition) is 1. The van der Waals surface area contributed by atoms with Crippen LogP contribution < -0.4 is 0 Å². The average Bonchev–Trinajstić information content (AvgIpc) is 2.12. The molecule has 0 radical (unpaired) electrons. The monoisotopic (exact) mass is 204 g/mol. The van der Waals surface area contributed by atoms with Crippen molar-refractivity contribution < 1.29 is 9.90 Å². The third-order valence-electron chi connectivity index (χ3n) is 2.44. The number of rotatable bonds is 3. The van der Waals surface area contributed by atoms with Gasteiger partial charge in [-0.2, -0.15) is 0 Å². The molecule has 15 heavy (non-hydrogen) atoms. The van der Waals surface area contributed by atoms with Crippen LogP contribution in [0.3, 0.4) is 0 Å². The van der Waals surface area contributed by atoms with Crippen molar-refractivity contribution in [2.75, 3.05) is 0 Å². The number of benzene rings is 1. The van der Waals surface area contributed by atoms with Gasteiger partial charge in [0, 0.05) is 12.0 Å². The van der Waals surface area contributed by atoms with E-state index < -0.39 is 0 Å². The molecular formula is C13H16O2. The fourth-order valence-corrected chi connectivity index (χ4v) is 1.55. The van der Waals surface area contributed by atoms with Crippen molar-refractivity contribution in [3.8, 4) is 5.75 Å². The number of allylic oxidation sites excluding steroid dienone is 1. The van der Waals surface area contributed by atoms with Crippen LogP contribution in [0, 0.1) is 6.92 Å². The highest BCUT2D eigenvalue weighted by atomic mass is 16.3. The molecule has 80 valence electrons. The van der Waals surface area contributed by atoms with Gasteiger partial charge < -0.3 is 5.11 Å². The van der Waals surface area contributed by atoms with Gasteiger partial charge in [0.15, 0.2) is 0 Å². The third-order valence-corrected chi connectivity index (χ3v) is 2.44. The molecule has 0 bridgehead atoms. The van der Waals surface area contributed by atoms with Crippen LogP contribution in [0.15, 0.2) is 18.7 Å². The molecule has 0 spiro atoms. The lowest BCUT2D eigenvalue weighted by atomic mass is 9.97. The van der Waals surface area contributed by atoms with Gasteiger partial charge in [-0.25, -0.2) is 0 Å². The smallest absolute Gasteiger partial charge is 0.134 e. The van der Waals surface area contributed by atoms with Gasteiger partial charge in [-0.3, -0.25) is 4.79 Å². The minimum atomic E-state index is 0.0978. The molecule has 2 nitrogen and oxygen atoms in total. The van der Waals surface area contributed by atoms with Gasteiger partial charge in [-0.1, -0.05) is 18.7 Å². The lowest BCUT2D eigenvalue weighted by molar-refractivity contribution is -0.116. The first-order chi connectivity index (χ1) is 6.93. The molecule has 0 amide bonds. The van der Waals surface area contributed by atoms with Crippen LogP contribution in [0.1, 0.15) is 30.5 Å². The van der Waals surface area contributed by atoms with Crippen molar-refractivity contribution >= 4 is 11.4 Å². The van der Waals surface area contributed by atoms with Gasteiger partial charge in [0.25, 0.3) is 0 Å². The summed E-state index contributed by atoms with van der Waals surface area (Å²) in [6, 6.07) is 3.68. The second-order valence-corrected chi connectivity index (χ2v) is 3.90. The summed E-state index contributed by atoms with van der Waals surface area (Å²) in [7, 11) is 0. The molecule has 0 saturated carbocycles. The Balaban J connectivity index is 3.21. The van der Waals surface area contributed by atoms with Gasteiger partial charge in [0.1, 0.15) is 11.5 Å². The fourth-order valence-electron chi connectivity index (χ4n) is 1.55. The summed E-state index contributed by atoms with van der Waals surface area (Å²) < 4.78 is 0. The van der Waals surface area contributed by atoms with Crippen LogP contribution in [0.25, 0.3) is 5.57 Å². The van der Waals surface area contributed by atoms with Crippen molar-refractivity contribution in [1.82, 2.24) is 0 Å². The van der Waals surface area contributed by atoms with Gasteiger partial charge in [-0.15, -0.1) is 0 Å². The van der Waals surface area contributed by atoms with Crippen molar-refractivity contribution in [3.63, 3.8) is 0 Å². The predicted octanol–water partition coefficient (Wildman–Crippen LogP) is 2.87. The SMILES string of the molecule is C=C(C)c1ccc(CC(C)=O)c(C)c1O. The number of hydrogen-bond acceptors (Lipinski definition) is 2. The highest BCUT2D eigenvalue weighted by molar-refractivity contribution is 5.79. The number of aromatic hydroxyl groups is 1. The Morgan fingerprint density at radius 2 is 2.00 bits per heavy atom. The van der Waals surface area contributed by atoms with E-state index in [2.05, 4.69) is 6.58 Å². The lowest BCUT2D eigenvalue weighted by Gasteiger charge is -2.10. The predicted molar refractivity (Wildman–Crippen MR) is 61.9 cm³/mol. The zero-order valence-corrected chi connectivity index (χ0v) is 9.42. The quantitative estimate of drug-likeness (QED) is 0.822. The number of phenolic OH excluding ortho intramolecular Hbond substituents is 1. The number of carbonyl (C=O) groups excluding carboxylic acids is 1. The molecule has 2 heteroatoms. The zero-order valence-electron chi connectivity index (χ0n) is 9.42. The van der Waals surface area contributed by atoms with E-state index in [0.29, 0.717) is 6.42 Å². The second-order valence-electron chi connectivity index (χ2n) is 3.90. The molecule has 1 N–H and O–H groups in total. The highest BCUT2D eigenvalue weighted by Crippen LogP contribution is 2.29. The Hall–Kier alpha value is -1.57. The minimum absolute atomic E-state index is 0.0978. The molecule has 1 aromatic rings. The topological polar surface area (TPSA) is 37.3 Å². The molecule has 1 rings (SSSR count). The average molecular weight is 204 g/mol.